The highest BCUT2D eigenvalue weighted by molar-refractivity contribution is 9.10. The molecule has 1 aromatic carbocycles. The minimum atomic E-state index is 0.0553. The minimum Gasteiger partial charge on any atom is -0.334 e. The van der Waals surface area contributed by atoms with Crippen LogP contribution in [-0.4, -0.2) is 38.9 Å². The maximum atomic E-state index is 12.1. The number of nitrogens with zero attached hydrogens (tertiary/aromatic N) is 4. The second-order valence-corrected chi connectivity index (χ2v) is 5.14. The molecule has 2 aromatic rings. The normalized spacial score (nSPS) is 15.5. The number of halogens is 1. The molecule has 3 rings (SSSR count). The molecule has 0 aliphatic carbocycles. The van der Waals surface area contributed by atoms with Gasteiger partial charge in [-0.25, -0.2) is 0 Å². The first-order chi connectivity index (χ1) is 8.74. The predicted octanol–water partition coefficient (Wildman–Crippen LogP) is 1.74. The quantitative estimate of drug-likeness (QED) is 0.849. The Hall–Kier alpha value is -1.69. The lowest BCUT2D eigenvalue weighted by Crippen LogP contribution is -2.51. The van der Waals surface area contributed by atoms with Crippen LogP contribution in [0.5, 0.6) is 0 Å². The fourth-order valence-electron chi connectivity index (χ4n) is 1.99. The molecule has 0 saturated carbocycles. The number of rotatable bonds is 2. The van der Waals surface area contributed by atoms with Gasteiger partial charge in [0.15, 0.2) is 0 Å². The summed E-state index contributed by atoms with van der Waals surface area (Å²) >= 11 is 3.37. The van der Waals surface area contributed by atoms with Crippen LogP contribution in [0.2, 0.25) is 0 Å². The fraction of sp³-hybridized carbons (Fsp3) is 0.250. The van der Waals surface area contributed by atoms with Crippen molar-refractivity contribution in [3.8, 4) is 0 Å². The molecule has 1 aliphatic rings. The highest BCUT2D eigenvalue weighted by Crippen LogP contribution is 2.22. The van der Waals surface area contributed by atoms with Gasteiger partial charge in [-0.15, -0.1) is 0 Å². The summed E-state index contributed by atoms with van der Waals surface area (Å²) in [6.45, 7) is 1.33. The fourth-order valence-corrected chi connectivity index (χ4v) is 2.39. The Bertz CT molecular complexity index is 563. The van der Waals surface area contributed by atoms with Gasteiger partial charge in [-0.05, 0) is 18.2 Å². The van der Waals surface area contributed by atoms with Crippen molar-refractivity contribution in [2.45, 2.75) is 6.04 Å². The molecule has 5 nitrogen and oxygen atoms in total. The van der Waals surface area contributed by atoms with Crippen LogP contribution in [0.4, 0.5) is 0 Å². The summed E-state index contributed by atoms with van der Waals surface area (Å²) in [4.78, 5) is 15.6. The lowest BCUT2D eigenvalue weighted by atomic mass is 10.1. The molecule has 1 aliphatic heterocycles. The van der Waals surface area contributed by atoms with Gasteiger partial charge in [0.2, 0.25) is 0 Å². The number of amides is 1. The Labute approximate surface area is 113 Å². The Kier molecular flexibility index (Phi) is 2.87. The molecule has 1 aromatic heterocycles. The molecule has 0 bridgehead atoms. The third kappa shape index (κ3) is 2.03. The summed E-state index contributed by atoms with van der Waals surface area (Å²) in [5, 5.41) is 8.16. The monoisotopic (exact) mass is 306 g/mol. The van der Waals surface area contributed by atoms with E-state index >= 15 is 0 Å². The van der Waals surface area contributed by atoms with E-state index < -0.39 is 0 Å². The topological polar surface area (TPSA) is 51.0 Å². The van der Waals surface area contributed by atoms with E-state index in [0.717, 1.165) is 4.47 Å². The number of carbonyl (C=O) groups is 1. The van der Waals surface area contributed by atoms with Crippen LogP contribution in [-0.2, 0) is 0 Å². The molecular weight excluding hydrogens is 296 g/mol. The highest BCUT2D eigenvalue weighted by atomic mass is 79.9. The van der Waals surface area contributed by atoms with Crippen LogP contribution in [0, 0.1) is 0 Å². The van der Waals surface area contributed by atoms with Gasteiger partial charge in [-0.1, -0.05) is 22.0 Å². The van der Waals surface area contributed by atoms with E-state index in [9.17, 15) is 4.79 Å². The molecule has 92 valence electrons. The lowest BCUT2D eigenvalue weighted by molar-refractivity contribution is 0.0476. The van der Waals surface area contributed by atoms with Crippen LogP contribution < -0.4 is 0 Å². The number of aromatic nitrogens is 3. The maximum absolute atomic E-state index is 12.1. The Morgan fingerprint density at radius 1 is 1.28 bits per heavy atom. The molecule has 0 radical (unpaired) electrons. The van der Waals surface area contributed by atoms with E-state index in [4.69, 9.17) is 0 Å². The molecule has 0 atom stereocenters. The van der Waals surface area contributed by atoms with Crippen molar-refractivity contribution >= 4 is 21.8 Å². The van der Waals surface area contributed by atoms with Crippen LogP contribution in [0.25, 0.3) is 0 Å². The molecule has 6 heteroatoms. The number of carbonyl (C=O) groups excluding carboxylic acids is 1. The van der Waals surface area contributed by atoms with E-state index in [0.29, 0.717) is 18.7 Å². The summed E-state index contributed by atoms with van der Waals surface area (Å²) in [5.74, 6) is 0.0553. The van der Waals surface area contributed by atoms with Crippen molar-refractivity contribution in [3.05, 3.63) is 46.7 Å². The molecule has 0 unspecified atom stereocenters. The number of hydrogen-bond acceptors (Lipinski definition) is 3. The second kappa shape index (κ2) is 4.53. The minimum absolute atomic E-state index is 0.0553. The zero-order valence-electron chi connectivity index (χ0n) is 9.53. The summed E-state index contributed by atoms with van der Waals surface area (Å²) in [7, 11) is 0. The first-order valence-electron chi connectivity index (χ1n) is 5.64. The van der Waals surface area contributed by atoms with Gasteiger partial charge in [0, 0.05) is 23.1 Å². The zero-order valence-corrected chi connectivity index (χ0v) is 11.1. The van der Waals surface area contributed by atoms with Crippen molar-refractivity contribution in [1.29, 1.82) is 0 Å². The second-order valence-electron chi connectivity index (χ2n) is 4.22. The van der Waals surface area contributed by atoms with E-state index in [1.165, 1.54) is 0 Å². The molecule has 1 amide bonds. The van der Waals surface area contributed by atoms with Gasteiger partial charge < -0.3 is 4.90 Å². The average molecular weight is 307 g/mol. The van der Waals surface area contributed by atoms with E-state index in [2.05, 4.69) is 26.1 Å². The van der Waals surface area contributed by atoms with Crippen LogP contribution >= 0.6 is 15.9 Å². The van der Waals surface area contributed by atoms with Gasteiger partial charge in [-0.3, -0.25) is 4.79 Å². The molecule has 0 spiro atoms. The molecule has 18 heavy (non-hydrogen) atoms. The van der Waals surface area contributed by atoms with Gasteiger partial charge in [0.1, 0.15) is 6.04 Å². The summed E-state index contributed by atoms with van der Waals surface area (Å²) in [6, 6.07) is 7.64. The smallest absolute Gasteiger partial charge is 0.254 e. The number of hydrogen-bond donors (Lipinski definition) is 0. The maximum Gasteiger partial charge on any atom is 0.254 e. The van der Waals surface area contributed by atoms with Gasteiger partial charge in [0.25, 0.3) is 5.91 Å². The Balaban J connectivity index is 1.66. The van der Waals surface area contributed by atoms with E-state index in [1.54, 1.807) is 22.1 Å². The van der Waals surface area contributed by atoms with Crippen molar-refractivity contribution < 1.29 is 4.79 Å². The number of likely N-dealkylation sites (tertiary alicyclic amines) is 1. The SMILES string of the molecule is O=C(c1cccc(Br)c1)N1CC(n2nccn2)C1. The van der Waals surface area contributed by atoms with Gasteiger partial charge in [0.05, 0.1) is 12.4 Å². The molecule has 0 N–H and O–H groups in total. The van der Waals surface area contributed by atoms with Crippen molar-refractivity contribution in [1.82, 2.24) is 19.9 Å². The third-order valence-electron chi connectivity index (χ3n) is 2.98. The largest absolute Gasteiger partial charge is 0.334 e. The van der Waals surface area contributed by atoms with E-state index in [-0.39, 0.29) is 11.9 Å². The Morgan fingerprint density at radius 3 is 2.67 bits per heavy atom. The van der Waals surface area contributed by atoms with Crippen molar-refractivity contribution in [2.24, 2.45) is 0 Å². The molecule has 1 fully saturated rings. The predicted molar refractivity (Wildman–Crippen MR) is 69.1 cm³/mol. The van der Waals surface area contributed by atoms with Gasteiger partial charge in [-0.2, -0.15) is 15.0 Å². The van der Waals surface area contributed by atoms with Crippen LogP contribution in [0.15, 0.2) is 41.1 Å². The molecular formula is C12H11BrN4O. The summed E-state index contributed by atoms with van der Waals surface area (Å²) in [6.07, 6.45) is 3.30. The number of benzene rings is 1. The standard InChI is InChI=1S/C12H11BrN4O/c13-10-3-1-2-9(6-10)12(18)16-7-11(8-16)17-14-4-5-15-17/h1-6,11H,7-8H2. The lowest BCUT2D eigenvalue weighted by Gasteiger charge is -2.38. The van der Waals surface area contributed by atoms with Crippen LogP contribution in [0.1, 0.15) is 16.4 Å². The Morgan fingerprint density at radius 2 is 2.00 bits per heavy atom. The highest BCUT2D eigenvalue weighted by Gasteiger charge is 2.33. The van der Waals surface area contributed by atoms with E-state index in [1.807, 2.05) is 24.3 Å². The van der Waals surface area contributed by atoms with Crippen LogP contribution in [0.3, 0.4) is 0 Å². The summed E-state index contributed by atoms with van der Waals surface area (Å²) < 4.78 is 0.916. The average Bonchev–Trinajstić information content (AvgIpc) is 2.80. The molecule has 2 heterocycles. The van der Waals surface area contributed by atoms with Crippen molar-refractivity contribution in [3.63, 3.8) is 0 Å². The summed E-state index contributed by atoms with van der Waals surface area (Å²) in [5.41, 5.74) is 0.705. The first-order valence-corrected chi connectivity index (χ1v) is 6.44. The first kappa shape index (κ1) is 11.4. The van der Waals surface area contributed by atoms with Gasteiger partial charge >= 0.3 is 0 Å². The van der Waals surface area contributed by atoms with Crippen molar-refractivity contribution in [2.75, 3.05) is 13.1 Å². The molecule has 1 saturated heterocycles. The zero-order chi connectivity index (χ0) is 12.5. The third-order valence-corrected chi connectivity index (χ3v) is 3.48.